The van der Waals surface area contributed by atoms with Crippen LogP contribution < -0.4 is 9.46 Å². The molecule has 1 aromatic carbocycles. The lowest BCUT2D eigenvalue weighted by molar-refractivity contribution is 0.242. The summed E-state index contributed by atoms with van der Waals surface area (Å²) in [5.41, 5.74) is 0.799. The number of halogens is 1. The molecule has 1 aromatic rings. The lowest BCUT2D eigenvalue weighted by atomic mass is 10.2. The lowest BCUT2D eigenvalue weighted by Gasteiger charge is -2.12. The molecule has 0 aliphatic heterocycles. The first kappa shape index (κ1) is 15.3. The Labute approximate surface area is 113 Å². The van der Waals surface area contributed by atoms with E-state index in [9.17, 15) is 8.42 Å². The van der Waals surface area contributed by atoms with E-state index < -0.39 is 10.0 Å². The van der Waals surface area contributed by atoms with Crippen LogP contribution in [0.3, 0.4) is 0 Å². The zero-order chi connectivity index (χ0) is 13.8. The van der Waals surface area contributed by atoms with Gasteiger partial charge in [0.25, 0.3) is 0 Å². The number of hydrogen-bond donors (Lipinski definition) is 1. The molecule has 0 aliphatic rings. The summed E-state index contributed by atoms with van der Waals surface area (Å²) < 4.78 is 30.6. The van der Waals surface area contributed by atoms with Gasteiger partial charge in [-0.2, -0.15) is 0 Å². The Hall–Kier alpha value is -0.780. The van der Waals surface area contributed by atoms with Crippen LogP contribution in [0.25, 0.3) is 0 Å². The normalized spacial score (nSPS) is 11.8. The van der Waals surface area contributed by atoms with E-state index in [1.165, 1.54) is 0 Å². The van der Waals surface area contributed by atoms with Crippen molar-refractivity contribution in [1.82, 2.24) is 4.72 Å². The van der Waals surface area contributed by atoms with Crippen molar-refractivity contribution in [2.45, 2.75) is 33.4 Å². The van der Waals surface area contributed by atoms with Crippen LogP contribution in [0.4, 0.5) is 0 Å². The van der Waals surface area contributed by atoms with Crippen molar-refractivity contribution in [3.8, 4) is 5.75 Å². The zero-order valence-corrected chi connectivity index (χ0v) is 12.3. The molecule has 0 saturated carbocycles. The Kier molecular flexibility index (Phi) is 5.44. The summed E-state index contributed by atoms with van der Waals surface area (Å²) in [5, 5.41) is 0.483. The number of nitrogens with one attached hydrogen (secondary N) is 1. The largest absolute Gasteiger partial charge is 0.489 e. The summed E-state index contributed by atoms with van der Waals surface area (Å²) in [6.07, 6.45) is 0.0481. The van der Waals surface area contributed by atoms with Crippen LogP contribution in [0, 0.1) is 0 Å². The molecule has 0 radical (unpaired) electrons. The van der Waals surface area contributed by atoms with Crippen molar-refractivity contribution in [2.75, 3.05) is 5.75 Å². The van der Waals surface area contributed by atoms with E-state index in [2.05, 4.69) is 4.72 Å². The quantitative estimate of drug-likeness (QED) is 0.876. The van der Waals surface area contributed by atoms with Crippen LogP contribution in [0.2, 0.25) is 5.02 Å². The zero-order valence-electron chi connectivity index (χ0n) is 10.7. The van der Waals surface area contributed by atoms with E-state index in [4.69, 9.17) is 16.3 Å². The first-order valence-electron chi connectivity index (χ1n) is 5.76. The van der Waals surface area contributed by atoms with Crippen molar-refractivity contribution in [3.05, 3.63) is 28.8 Å². The van der Waals surface area contributed by atoms with E-state index in [0.717, 1.165) is 5.56 Å². The molecule has 0 aliphatic carbocycles. The molecule has 0 heterocycles. The van der Waals surface area contributed by atoms with E-state index in [-0.39, 0.29) is 18.4 Å². The van der Waals surface area contributed by atoms with Gasteiger partial charge in [0.05, 0.1) is 16.9 Å². The van der Waals surface area contributed by atoms with Gasteiger partial charge in [0.2, 0.25) is 10.0 Å². The van der Waals surface area contributed by atoms with Gasteiger partial charge in [-0.3, -0.25) is 0 Å². The highest BCUT2D eigenvalue weighted by molar-refractivity contribution is 7.89. The molecule has 0 unspecified atom stereocenters. The maximum Gasteiger partial charge on any atom is 0.211 e. The van der Waals surface area contributed by atoms with Crippen LogP contribution in [-0.2, 0) is 16.6 Å². The number of hydrogen-bond acceptors (Lipinski definition) is 3. The summed E-state index contributed by atoms with van der Waals surface area (Å²) in [6.45, 7) is 5.66. The molecule has 0 amide bonds. The number of sulfonamides is 1. The fourth-order valence-electron chi connectivity index (χ4n) is 1.30. The van der Waals surface area contributed by atoms with Crippen LogP contribution in [0.5, 0.6) is 5.75 Å². The molecule has 0 bridgehead atoms. The average Bonchev–Trinajstić information content (AvgIpc) is 2.29. The molecule has 0 saturated heterocycles. The predicted octanol–water partition coefficient (Wildman–Crippen LogP) is 2.57. The monoisotopic (exact) mass is 291 g/mol. The third-order valence-electron chi connectivity index (χ3n) is 2.24. The molecule has 18 heavy (non-hydrogen) atoms. The highest BCUT2D eigenvalue weighted by Crippen LogP contribution is 2.26. The summed E-state index contributed by atoms with van der Waals surface area (Å²) in [5.74, 6) is 0.670. The predicted molar refractivity (Wildman–Crippen MR) is 73.5 cm³/mol. The van der Waals surface area contributed by atoms with E-state index in [1.807, 2.05) is 13.8 Å². The molecule has 0 atom stereocenters. The van der Waals surface area contributed by atoms with Crippen molar-refractivity contribution in [1.29, 1.82) is 0 Å². The molecule has 1 N–H and O–H groups in total. The fourth-order valence-corrected chi connectivity index (χ4v) is 2.14. The topological polar surface area (TPSA) is 55.4 Å². The van der Waals surface area contributed by atoms with Crippen molar-refractivity contribution in [2.24, 2.45) is 0 Å². The molecular formula is C12H18ClNO3S. The van der Waals surface area contributed by atoms with E-state index >= 15 is 0 Å². The molecular weight excluding hydrogens is 274 g/mol. The summed E-state index contributed by atoms with van der Waals surface area (Å²) in [6, 6.07) is 5.25. The molecule has 0 aromatic heterocycles. The van der Waals surface area contributed by atoms with Gasteiger partial charge in [0.1, 0.15) is 5.75 Å². The van der Waals surface area contributed by atoms with Crippen molar-refractivity contribution in [3.63, 3.8) is 0 Å². The SMILES string of the molecule is CCS(=O)(=O)NCc1ccc(OC(C)C)c(Cl)c1. The minimum atomic E-state index is -3.18. The van der Waals surface area contributed by atoms with Crippen LogP contribution >= 0.6 is 11.6 Å². The van der Waals surface area contributed by atoms with Crippen LogP contribution in [0.15, 0.2) is 18.2 Å². The maximum atomic E-state index is 11.3. The highest BCUT2D eigenvalue weighted by atomic mass is 35.5. The van der Waals surface area contributed by atoms with Gasteiger partial charge in [-0.25, -0.2) is 13.1 Å². The van der Waals surface area contributed by atoms with Gasteiger partial charge in [-0.1, -0.05) is 17.7 Å². The van der Waals surface area contributed by atoms with Gasteiger partial charge in [-0.05, 0) is 38.5 Å². The van der Waals surface area contributed by atoms with Gasteiger partial charge in [0, 0.05) is 6.54 Å². The Morgan fingerprint density at radius 3 is 2.56 bits per heavy atom. The number of ether oxygens (including phenoxy) is 1. The number of rotatable bonds is 6. The first-order chi connectivity index (χ1) is 8.34. The van der Waals surface area contributed by atoms with Gasteiger partial charge >= 0.3 is 0 Å². The maximum absolute atomic E-state index is 11.3. The van der Waals surface area contributed by atoms with Crippen molar-refractivity contribution >= 4 is 21.6 Å². The summed E-state index contributed by atoms with van der Waals surface area (Å²) in [4.78, 5) is 0. The Morgan fingerprint density at radius 1 is 1.39 bits per heavy atom. The molecule has 1 rings (SSSR count). The molecule has 6 heteroatoms. The standard InChI is InChI=1S/C12H18ClNO3S/c1-4-18(15,16)14-8-10-5-6-12(11(13)7-10)17-9(2)3/h5-7,9,14H,4,8H2,1-3H3. The van der Waals surface area contributed by atoms with Crippen LogP contribution in [-0.4, -0.2) is 20.3 Å². The Balaban J connectivity index is 2.73. The molecule has 0 fully saturated rings. The van der Waals surface area contributed by atoms with E-state index in [0.29, 0.717) is 10.8 Å². The average molecular weight is 292 g/mol. The van der Waals surface area contributed by atoms with Gasteiger partial charge in [0.15, 0.2) is 0 Å². The first-order valence-corrected chi connectivity index (χ1v) is 7.79. The smallest absolute Gasteiger partial charge is 0.211 e. The lowest BCUT2D eigenvalue weighted by Crippen LogP contribution is -2.24. The molecule has 102 valence electrons. The molecule has 4 nitrogen and oxygen atoms in total. The summed E-state index contributed by atoms with van der Waals surface area (Å²) >= 11 is 6.06. The minimum absolute atomic E-state index is 0.0481. The van der Waals surface area contributed by atoms with Crippen LogP contribution in [0.1, 0.15) is 26.3 Å². The van der Waals surface area contributed by atoms with Crippen molar-refractivity contribution < 1.29 is 13.2 Å². The van der Waals surface area contributed by atoms with Gasteiger partial charge in [-0.15, -0.1) is 0 Å². The second-order valence-corrected chi connectivity index (χ2v) is 6.66. The second-order valence-electron chi connectivity index (χ2n) is 4.16. The third-order valence-corrected chi connectivity index (χ3v) is 3.87. The summed E-state index contributed by atoms with van der Waals surface area (Å²) in [7, 11) is -3.18. The minimum Gasteiger partial charge on any atom is -0.489 e. The molecule has 0 spiro atoms. The van der Waals surface area contributed by atoms with Gasteiger partial charge < -0.3 is 4.74 Å². The highest BCUT2D eigenvalue weighted by Gasteiger charge is 2.08. The fraction of sp³-hybridized carbons (Fsp3) is 0.500. The van der Waals surface area contributed by atoms with E-state index in [1.54, 1.807) is 25.1 Å². The Bertz CT molecular complexity index is 500. The third kappa shape index (κ3) is 4.84. The number of benzene rings is 1. The second kappa shape index (κ2) is 6.41. The Morgan fingerprint density at radius 2 is 2.06 bits per heavy atom.